The third kappa shape index (κ3) is 2.29. The van der Waals surface area contributed by atoms with Crippen LogP contribution in [0.3, 0.4) is 0 Å². The van der Waals surface area contributed by atoms with Crippen molar-refractivity contribution in [2.24, 2.45) is 0 Å². The van der Waals surface area contributed by atoms with E-state index in [1.807, 2.05) is 53.6 Å². The summed E-state index contributed by atoms with van der Waals surface area (Å²) in [6, 6.07) is 7.66. The molecule has 2 nitrogen and oxygen atoms in total. The third-order valence-corrected chi connectivity index (χ3v) is 3.15. The highest BCUT2D eigenvalue weighted by Gasteiger charge is 2.26. The summed E-state index contributed by atoms with van der Waals surface area (Å²) in [5, 5.41) is 8.97. The lowest BCUT2D eigenvalue weighted by Crippen LogP contribution is -2.35. The second-order valence-corrected chi connectivity index (χ2v) is 5.30. The molecule has 0 radical (unpaired) electrons. The first kappa shape index (κ1) is 11.6. The summed E-state index contributed by atoms with van der Waals surface area (Å²) in [4.78, 5) is 1.94. The van der Waals surface area contributed by atoms with Crippen molar-refractivity contribution in [1.82, 2.24) is 0 Å². The number of aliphatic hydroxyl groups is 1. The molecule has 0 aromatic heterocycles. The molecule has 0 aliphatic carbocycles. The van der Waals surface area contributed by atoms with E-state index in [9.17, 15) is 0 Å². The van der Waals surface area contributed by atoms with Gasteiger partial charge in [-0.05, 0) is 29.8 Å². The van der Waals surface area contributed by atoms with E-state index in [0.717, 1.165) is 11.3 Å². The molecule has 1 aliphatic heterocycles. The van der Waals surface area contributed by atoms with Crippen LogP contribution in [0.15, 0.2) is 48.7 Å². The van der Waals surface area contributed by atoms with Crippen molar-refractivity contribution in [3.05, 3.63) is 54.3 Å². The molecule has 1 N–H and O–H groups in total. The number of anilines is 1. The van der Waals surface area contributed by atoms with Gasteiger partial charge >= 0.3 is 0 Å². The van der Waals surface area contributed by atoms with Crippen molar-refractivity contribution >= 4 is 30.9 Å². The standard InChI is InChI=1S/C12H13NOS2/c14-9-10-3-5-11(6-4-10)13-8-2-1-7-12(13,15)16/h1-8,14-16H,9H2. The maximum atomic E-state index is 8.97. The normalized spacial score (nSPS) is 17.8. The summed E-state index contributed by atoms with van der Waals surface area (Å²) in [7, 11) is 0. The van der Waals surface area contributed by atoms with Gasteiger partial charge in [0.15, 0.2) is 4.20 Å². The topological polar surface area (TPSA) is 23.5 Å². The van der Waals surface area contributed by atoms with Crippen LogP contribution in [0.4, 0.5) is 5.69 Å². The molecular formula is C12H13NOS2. The first-order chi connectivity index (χ1) is 7.63. The van der Waals surface area contributed by atoms with Crippen LogP contribution in [0.1, 0.15) is 5.56 Å². The van der Waals surface area contributed by atoms with Crippen molar-refractivity contribution in [1.29, 1.82) is 0 Å². The first-order valence-electron chi connectivity index (χ1n) is 4.93. The lowest BCUT2D eigenvalue weighted by molar-refractivity contribution is 0.282. The molecule has 84 valence electrons. The number of hydrogen-bond donors (Lipinski definition) is 3. The highest BCUT2D eigenvalue weighted by atomic mass is 32.2. The van der Waals surface area contributed by atoms with E-state index < -0.39 is 4.20 Å². The lowest BCUT2D eigenvalue weighted by Gasteiger charge is -2.35. The molecule has 4 heteroatoms. The van der Waals surface area contributed by atoms with E-state index in [1.165, 1.54) is 0 Å². The number of hydrogen-bond acceptors (Lipinski definition) is 4. The van der Waals surface area contributed by atoms with Gasteiger partial charge in [0, 0.05) is 11.9 Å². The number of allylic oxidation sites excluding steroid dienone is 2. The second-order valence-electron chi connectivity index (χ2n) is 3.58. The van der Waals surface area contributed by atoms with Crippen LogP contribution in [-0.2, 0) is 6.61 Å². The molecule has 0 atom stereocenters. The Kier molecular flexibility index (Phi) is 3.33. The van der Waals surface area contributed by atoms with E-state index in [1.54, 1.807) is 0 Å². The van der Waals surface area contributed by atoms with E-state index in [0.29, 0.717) is 0 Å². The molecule has 0 saturated carbocycles. The summed E-state index contributed by atoms with van der Waals surface area (Å²) in [6.07, 6.45) is 7.68. The predicted octanol–water partition coefficient (Wildman–Crippen LogP) is 2.58. The lowest BCUT2D eigenvalue weighted by atomic mass is 10.2. The van der Waals surface area contributed by atoms with Crippen molar-refractivity contribution in [3.63, 3.8) is 0 Å². The average molecular weight is 251 g/mol. The van der Waals surface area contributed by atoms with Crippen LogP contribution in [0.2, 0.25) is 0 Å². The number of aliphatic hydroxyl groups excluding tert-OH is 1. The van der Waals surface area contributed by atoms with Crippen LogP contribution in [0.25, 0.3) is 0 Å². The molecule has 1 aliphatic rings. The molecule has 2 rings (SSSR count). The molecule has 0 saturated heterocycles. The van der Waals surface area contributed by atoms with Crippen LogP contribution in [0, 0.1) is 0 Å². The number of rotatable bonds is 2. The SMILES string of the molecule is OCc1ccc(N2C=CC=CC2(S)S)cc1. The molecule has 1 aromatic rings. The van der Waals surface area contributed by atoms with Gasteiger partial charge in [-0.25, -0.2) is 0 Å². The third-order valence-electron chi connectivity index (χ3n) is 2.42. The molecule has 16 heavy (non-hydrogen) atoms. The van der Waals surface area contributed by atoms with E-state index in [2.05, 4.69) is 25.3 Å². The zero-order valence-electron chi connectivity index (χ0n) is 8.61. The van der Waals surface area contributed by atoms with Gasteiger partial charge in [-0.1, -0.05) is 18.2 Å². The largest absolute Gasteiger partial charge is 0.392 e. The molecule has 0 bridgehead atoms. The minimum atomic E-state index is -0.616. The average Bonchev–Trinajstić information content (AvgIpc) is 2.29. The van der Waals surface area contributed by atoms with Gasteiger partial charge in [0.2, 0.25) is 0 Å². The monoisotopic (exact) mass is 251 g/mol. The van der Waals surface area contributed by atoms with Crippen molar-refractivity contribution in [2.75, 3.05) is 4.90 Å². The Hall–Kier alpha value is -0.840. The Labute approximate surface area is 106 Å². The van der Waals surface area contributed by atoms with Gasteiger partial charge in [0.1, 0.15) is 0 Å². The fourth-order valence-electron chi connectivity index (χ4n) is 1.55. The minimum absolute atomic E-state index is 0.0584. The fourth-order valence-corrected chi connectivity index (χ4v) is 2.08. The van der Waals surface area contributed by atoms with E-state index in [-0.39, 0.29) is 6.61 Å². The molecule has 1 heterocycles. The number of thiol groups is 2. The Morgan fingerprint density at radius 3 is 2.38 bits per heavy atom. The van der Waals surface area contributed by atoms with Gasteiger partial charge in [0.05, 0.1) is 6.61 Å². The summed E-state index contributed by atoms with van der Waals surface area (Å²) in [5.74, 6) is 0. The van der Waals surface area contributed by atoms with Crippen LogP contribution >= 0.6 is 25.3 Å². The van der Waals surface area contributed by atoms with Gasteiger partial charge in [-0.15, -0.1) is 25.3 Å². The van der Waals surface area contributed by atoms with E-state index in [4.69, 9.17) is 5.11 Å². The molecule has 0 amide bonds. The molecule has 0 fully saturated rings. The first-order valence-corrected chi connectivity index (χ1v) is 5.83. The van der Waals surface area contributed by atoms with Gasteiger partial charge in [-0.3, -0.25) is 0 Å². The summed E-state index contributed by atoms with van der Waals surface area (Å²) < 4.78 is -0.616. The Morgan fingerprint density at radius 2 is 1.81 bits per heavy atom. The highest BCUT2D eigenvalue weighted by Crippen LogP contribution is 2.34. The molecule has 0 spiro atoms. The number of benzene rings is 1. The maximum Gasteiger partial charge on any atom is 0.151 e. The van der Waals surface area contributed by atoms with Crippen LogP contribution in [-0.4, -0.2) is 9.31 Å². The summed E-state index contributed by atoms with van der Waals surface area (Å²) in [5.41, 5.74) is 1.88. The van der Waals surface area contributed by atoms with Crippen LogP contribution in [0.5, 0.6) is 0 Å². The Bertz CT molecular complexity index is 423. The Balaban J connectivity index is 2.30. The Morgan fingerprint density at radius 1 is 1.12 bits per heavy atom. The summed E-state index contributed by atoms with van der Waals surface area (Å²) in [6.45, 7) is 0.0584. The zero-order chi connectivity index (χ0) is 11.6. The second kappa shape index (κ2) is 4.57. The summed E-state index contributed by atoms with van der Waals surface area (Å²) >= 11 is 8.95. The smallest absolute Gasteiger partial charge is 0.151 e. The minimum Gasteiger partial charge on any atom is -0.392 e. The van der Waals surface area contributed by atoms with Crippen molar-refractivity contribution in [3.8, 4) is 0 Å². The van der Waals surface area contributed by atoms with Crippen molar-refractivity contribution in [2.45, 2.75) is 10.8 Å². The van der Waals surface area contributed by atoms with Crippen molar-refractivity contribution < 1.29 is 5.11 Å². The molecule has 0 unspecified atom stereocenters. The molecular weight excluding hydrogens is 238 g/mol. The van der Waals surface area contributed by atoms with Gasteiger partial charge in [0.25, 0.3) is 0 Å². The molecule has 1 aromatic carbocycles. The zero-order valence-corrected chi connectivity index (χ0v) is 10.4. The van der Waals surface area contributed by atoms with Gasteiger partial charge in [-0.2, -0.15) is 0 Å². The quantitative estimate of drug-likeness (QED) is 0.556. The predicted molar refractivity (Wildman–Crippen MR) is 73.8 cm³/mol. The number of nitrogens with zero attached hydrogens (tertiary/aromatic N) is 1. The highest BCUT2D eigenvalue weighted by molar-refractivity contribution is 8.01. The fraction of sp³-hybridized carbons (Fsp3) is 0.167. The van der Waals surface area contributed by atoms with Gasteiger partial charge < -0.3 is 10.0 Å². The van der Waals surface area contributed by atoms with E-state index >= 15 is 0 Å². The maximum absolute atomic E-state index is 8.97. The van der Waals surface area contributed by atoms with Crippen LogP contribution < -0.4 is 4.90 Å².